The molecule has 0 N–H and O–H groups in total. The van der Waals surface area contributed by atoms with Crippen LogP contribution in [0.25, 0.3) is 0 Å². The molecule has 0 bridgehead atoms. The van der Waals surface area contributed by atoms with Crippen molar-refractivity contribution in [2.45, 2.75) is 33.7 Å². The molecule has 1 nitrogen and oxygen atoms in total. The van der Waals surface area contributed by atoms with E-state index in [4.69, 9.17) is 0 Å². The molecule has 1 heteroatoms. The Labute approximate surface area is 99.5 Å². The smallest absolute Gasteiger partial charge is 0.0233 e. The molecule has 1 aromatic rings. The van der Waals surface area contributed by atoms with Crippen molar-refractivity contribution in [3.8, 4) is 0 Å². The van der Waals surface area contributed by atoms with Crippen LogP contribution in [0.15, 0.2) is 30.3 Å². The molecule has 1 heterocycles. The molecule has 1 aliphatic rings. The third kappa shape index (κ3) is 2.65. The Morgan fingerprint density at radius 3 is 2.56 bits per heavy atom. The van der Waals surface area contributed by atoms with Gasteiger partial charge < -0.3 is 0 Å². The zero-order valence-electron chi connectivity index (χ0n) is 10.7. The van der Waals surface area contributed by atoms with Crippen LogP contribution in [-0.4, -0.2) is 18.0 Å². The van der Waals surface area contributed by atoms with Gasteiger partial charge in [0, 0.05) is 13.1 Å². The Bertz CT molecular complexity index is 329. The Balaban J connectivity index is 1.94. The van der Waals surface area contributed by atoms with Gasteiger partial charge in [0.05, 0.1) is 0 Å². The molecule has 88 valence electrons. The van der Waals surface area contributed by atoms with Gasteiger partial charge in [-0.15, -0.1) is 0 Å². The number of benzene rings is 1. The summed E-state index contributed by atoms with van der Waals surface area (Å²) in [7, 11) is 0. The van der Waals surface area contributed by atoms with E-state index in [1.807, 2.05) is 0 Å². The molecule has 0 spiro atoms. The molecule has 0 amide bonds. The van der Waals surface area contributed by atoms with Gasteiger partial charge in [-0.25, -0.2) is 0 Å². The quantitative estimate of drug-likeness (QED) is 0.732. The summed E-state index contributed by atoms with van der Waals surface area (Å²) in [6.07, 6.45) is 1.32. The highest BCUT2D eigenvalue weighted by atomic mass is 15.1. The van der Waals surface area contributed by atoms with Crippen LogP contribution in [0, 0.1) is 11.3 Å². The maximum absolute atomic E-state index is 2.59. The van der Waals surface area contributed by atoms with Crippen LogP contribution in [0.4, 0.5) is 0 Å². The SMILES string of the molecule is CC1CN(Cc2ccccc2)CCC1(C)C. The predicted molar refractivity (Wildman–Crippen MR) is 69.3 cm³/mol. The molecule has 1 unspecified atom stereocenters. The minimum atomic E-state index is 0.521. The molecule has 1 atom stereocenters. The summed E-state index contributed by atoms with van der Waals surface area (Å²) in [6, 6.07) is 10.8. The third-order valence-corrected chi connectivity index (χ3v) is 4.19. The van der Waals surface area contributed by atoms with Gasteiger partial charge in [0.2, 0.25) is 0 Å². The van der Waals surface area contributed by atoms with Gasteiger partial charge in [-0.1, -0.05) is 51.1 Å². The highest BCUT2D eigenvalue weighted by Crippen LogP contribution is 2.35. The van der Waals surface area contributed by atoms with E-state index in [-0.39, 0.29) is 0 Å². The van der Waals surface area contributed by atoms with Crippen LogP contribution in [0.2, 0.25) is 0 Å². The van der Waals surface area contributed by atoms with E-state index >= 15 is 0 Å². The van der Waals surface area contributed by atoms with Gasteiger partial charge in [-0.05, 0) is 29.9 Å². The van der Waals surface area contributed by atoms with Crippen LogP contribution in [0.5, 0.6) is 0 Å². The summed E-state index contributed by atoms with van der Waals surface area (Å²) in [5.74, 6) is 0.796. The van der Waals surface area contributed by atoms with Crippen molar-refractivity contribution < 1.29 is 0 Å². The fraction of sp³-hybridized carbons (Fsp3) is 0.600. The highest BCUT2D eigenvalue weighted by molar-refractivity contribution is 5.14. The second-order valence-corrected chi connectivity index (χ2v) is 5.86. The molecular formula is C15H23N. The Morgan fingerprint density at radius 1 is 1.25 bits per heavy atom. The topological polar surface area (TPSA) is 3.24 Å². The van der Waals surface area contributed by atoms with Crippen molar-refractivity contribution in [3.63, 3.8) is 0 Å². The molecule has 1 saturated heterocycles. The third-order valence-electron chi connectivity index (χ3n) is 4.19. The fourth-order valence-electron chi connectivity index (χ4n) is 2.40. The molecular weight excluding hydrogens is 194 g/mol. The average molecular weight is 217 g/mol. The zero-order valence-corrected chi connectivity index (χ0v) is 10.7. The van der Waals surface area contributed by atoms with Crippen molar-refractivity contribution in [2.75, 3.05) is 13.1 Å². The molecule has 1 aromatic carbocycles. The lowest BCUT2D eigenvalue weighted by Gasteiger charge is -2.42. The monoisotopic (exact) mass is 217 g/mol. The van der Waals surface area contributed by atoms with Crippen LogP contribution in [0.3, 0.4) is 0 Å². The predicted octanol–water partition coefficient (Wildman–Crippen LogP) is 3.55. The van der Waals surface area contributed by atoms with E-state index in [1.165, 1.54) is 25.1 Å². The molecule has 1 fully saturated rings. The van der Waals surface area contributed by atoms with Gasteiger partial charge in [0.1, 0.15) is 0 Å². The first kappa shape index (κ1) is 11.7. The first-order valence-corrected chi connectivity index (χ1v) is 6.34. The van der Waals surface area contributed by atoms with Crippen molar-refractivity contribution in [2.24, 2.45) is 11.3 Å². The van der Waals surface area contributed by atoms with Gasteiger partial charge in [0.25, 0.3) is 0 Å². The fourth-order valence-corrected chi connectivity index (χ4v) is 2.40. The van der Waals surface area contributed by atoms with E-state index in [0.717, 1.165) is 12.5 Å². The lowest BCUT2D eigenvalue weighted by molar-refractivity contribution is 0.0664. The Morgan fingerprint density at radius 2 is 1.94 bits per heavy atom. The number of likely N-dealkylation sites (tertiary alicyclic amines) is 1. The van der Waals surface area contributed by atoms with Gasteiger partial charge in [-0.3, -0.25) is 4.90 Å². The molecule has 0 radical (unpaired) electrons. The number of hydrogen-bond acceptors (Lipinski definition) is 1. The van der Waals surface area contributed by atoms with Crippen molar-refractivity contribution >= 4 is 0 Å². The van der Waals surface area contributed by atoms with E-state index in [0.29, 0.717) is 5.41 Å². The summed E-state index contributed by atoms with van der Waals surface area (Å²) in [5, 5.41) is 0. The lowest BCUT2D eigenvalue weighted by Crippen LogP contribution is -2.42. The van der Waals surface area contributed by atoms with Crippen molar-refractivity contribution in [1.29, 1.82) is 0 Å². The molecule has 0 aromatic heterocycles. The maximum Gasteiger partial charge on any atom is 0.0233 e. The maximum atomic E-state index is 2.59. The highest BCUT2D eigenvalue weighted by Gasteiger charge is 2.31. The normalized spacial score (nSPS) is 25.6. The van der Waals surface area contributed by atoms with E-state index in [2.05, 4.69) is 56.0 Å². The minimum Gasteiger partial charge on any atom is -0.299 e. The standard InChI is InChI=1S/C15H23N/c1-13-11-16(10-9-15(13,2)3)12-14-7-5-4-6-8-14/h4-8,13H,9-12H2,1-3H3. The molecule has 16 heavy (non-hydrogen) atoms. The molecule has 0 saturated carbocycles. The molecule has 2 rings (SSSR count). The van der Waals surface area contributed by atoms with Crippen LogP contribution < -0.4 is 0 Å². The van der Waals surface area contributed by atoms with Gasteiger partial charge in [-0.2, -0.15) is 0 Å². The van der Waals surface area contributed by atoms with E-state index in [1.54, 1.807) is 0 Å². The summed E-state index contributed by atoms with van der Waals surface area (Å²) in [5.41, 5.74) is 1.96. The zero-order chi connectivity index (χ0) is 11.6. The summed E-state index contributed by atoms with van der Waals surface area (Å²) in [6.45, 7) is 10.8. The van der Waals surface area contributed by atoms with Crippen LogP contribution in [-0.2, 0) is 6.54 Å². The van der Waals surface area contributed by atoms with Crippen LogP contribution in [0.1, 0.15) is 32.8 Å². The first-order chi connectivity index (χ1) is 7.58. The second kappa shape index (κ2) is 4.58. The first-order valence-electron chi connectivity index (χ1n) is 6.34. The Kier molecular flexibility index (Phi) is 3.34. The summed E-state index contributed by atoms with van der Waals surface area (Å²) in [4.78, 5) is 2.59. The second-order valence-electron chi connectivity index (χ2n) is 5.86. The van der Waals surface area contributed by atoms with E-state index in [9.17, 15) is 0 Å². The average Bonchev–Trinajstić information content (AvgIpc) is 2.26. The number of nitrogens with zero attached hydrogens (tertiary/aromatic N) is 1. The number of hydrogen-bond donors (Lipinski definition) is 0. The van der Waals surface area contributed by atoms with Gasteiger partial charge >= 0.3 is 0 Å². The lowest BCUT2D eigenvalue weighted by atomic mass is 9.74. The number of piperidine rings is 1. The Hall–Kier alpha value is -0.820. The van der Waals surface area contributed by atoms with Crippen molar-refractivity contribution in [3.05, 3.63) is 35.9 Å². The van der Waals surface area contributed by atoms with Crippen molar-refractivity contribution in [1.82, 2.24) is 4.90 Å². The minimum absolute atomic E-state index is 0.521. The molecule has 1 aliphatic heterocycles. The largest absolute Gasteiger partial charge is 0.299 e. The van der Waals surface area contributed by atoms with Gasteiger partial charge in [0.15, 0.2) is 0 Å². The summed E-state index contributed by atoms with van der Waals surface area (Å²) < 4.78 is 0. The van der Waals surface area contributed by atoms with E-state index < -0.39 is 0 Å². The summed E-state index contributed by atoms with van der Waals surface area (Å²) >= 11 is 0. The van der Waals surface area contributed by atoms with Crippen LogP contribution >= 0.6 is 0 Å². The number of rotatable bonds is 2. The molecule has 0 aliphatic carbocycles.